The zero-order valence-electron chi connectivity index (χ0n) is 24.4. The summed E-state index contributed by atoms with van der Waals surface area (Å²) in [6.45, 7) is 12.4. The smallest absolute Gasteiger partial charge is 0.326 e. The van der Waals surface area contributed by atoms with E-state index < -0.39 is 48.0 Å². The molecule has 0 aromatic heterocycles. The van der Waals surface area contributed by atoms with Crippen LogP contribution in [0.3, 0.4) is 0 Å². The van der Waals surface area contributed by atoms with Crippen LogP contribution in [-0.2, 0) is 24.0 Å². The van der Waals surface area contributed by atoms with E-state index in [-0.39, 0.29) is 36.0 Å². The molecular weight excluding hydrogens is 502 g/mol. The van der Waals surface area contributed by atoms with Crippen molar-refractivity contribution in [2.24, 2.45) is 23.5 Å². The molecule has 0 radical (unpaired) electrons. The van der Waals surface area contributed by atoms with E-state index in [1.807, 2.05) is 41.5 Å². The molecule has 11 nitrogen and oxygen atoms in total. The number of carboxylic acids is 1. The molecule has 5 N–H and O–H groups in total. The zero-order chi connectivity index (χ0) is 29.4. The maximum atomic E-state index is 13.6. The maximum absolute atomic E-state index is 13.6. The molecule has 11 heteroatoms. The largest absolute Gasteiger partial charge is 0.480 e. The number of carbonyl (C=O) groups excluding carboxylic acids is 4. The topological polar surface area (TPSA) is 162 Å². The number of hydrogen-bond donors (Lipinski definition) is 4. The number of carboxylic acid groups (broad SMARTS) is 1. The first-order valence-electron chi connectivity index (χ1n) is 14.4. The lowest BCUT2D eigenvalue weighted by atomic mass is 10.00. The zero-order valence-corrected chi connectivity index (χ0v) is 24.4. The number of amides is 4. The summed E-state index contributed by atoms with van der Waals surface area (Å²) in [7, 11) is 0. The fraction of sp³-hybridized carbons (Fsp3) is 0.821. The number of aliphatic carboxylic acids is 1. The molecule has 0 saturated carbocycles. The fourth-order valence-corrected chi connectivity index (χ4v) is 5.54. The van der Waals surface area contributed by atoms with Gasteiger partial charge < -0.3 is 31.3 Å². The lowest BCUT2D eigenvalue weighted by molar-refractivity contribution is -0.147. The molecule has 5 atom stereocenters. The van der Waals surface area contributed by atoms with Crippen LogP contribution in [0, 0.1) is 17.8 Å². The molecule has 2 aliphatic heterocycles. The van der Waals surface area contributed by atoms with Gasteiger partial charge in [0.2, 0.25) is 23.6 Å². The molecule has 0 spiro atoms. The van der Waals surface area contributed by atoms with Gasteiger partial charge in [-0.1, -0.05) is 41.5 Å². The molecule has 2 heterocycles. The minimum Gasteiger partial charge on any atom is -0.480 e. The molecule has 0 aromatic carbocycles. The van der Waals surface area contributed by atoms with Crippen LogP contribution >= 0.6 is 0 Å². The molecule has 0 unspecified atom stereocenters. The summed E-state index contributed by atoms with van der Waals surface area (Å²) in [5.74, 6) is -2.24. The summed E-state index contributed by atoms with van der Waals surface area (Å²) in [4.78, 5) is 67.9. The number of nitrogens with one attached hydrogen (secondary N) is 2. The summed E-state index contributed by atoms with van der Waals surface area (Å²) < 4.78 is 0. The summed E-state index contributed by atoms with van der Waals surface area (Å²) >= 11 is 0. The van der Waals surface area contributed by atoms with Crippen LogP contribution in [-0.4, -0.2) is 87.8 Å². The molecule has 39 heavy (non-hydrogen) atoms. The third-order valence-corrected chi connectivity index (χ3v) is 7.36. The normalized spacial score (nSPS) is 21.8. The Labute approximate surface area is 232 Å². The average Bonchev–Trinajstić information content (AvgIpc) is 3.51. The Morgan fingerprint density at radius 2 is 1.28 bits per heavy atom. The van der Waals surface area contributed by atoms with E-state index in [0.29, 0.717) is 51.6 Å². The first kappa shape index (κ1) is 32.5. The molecule has 4 amide bonds. The minimum atomic E-state index is -1.12. The SMILES string of the molecule is CC(C)C[C@H](NC(=O)[C@H](CC(C)C)NC(=O)[C@@H]1CCCN1C(=O)[C@@H]1CCCN1C(=O)[C@@H](N)CC(C)C)C(=O)O. The van der Waals surface area contributed by atoms with E-state index in [0.717, 1.165) is 0 Å². The van der Waals surface area contributed by atoms with Gasteiger partial charge in [0, 0.05) is 13.1 Å². The third kappa shape index (κ3) is 9.19. The first-order valence-corrected chi connectivity index (χ1v) is 14.4. The summed E-state index contributed by atoms with van der Waals surface area (Å²) in [5.41, 5.74) is 6.14. The molecular formula is C28H49N5O6. The van der Waals surface area contributed by atoms with Crippen molar-refractivity contribution in [3.8, 4) is 0 Å². The summed E-state index contributed by atoms with van der Waals surface area (Å²) in [5, 5.41) is 14.9. The van der Waals surface area contributed by atoms with Crippen molar-refractivity contribution >= 4 is 29.6 Å². The van der Waals surface area contributed by atoms with Crippen molar-refractivity contribution in [3.63, 3.8) is 0 Å². The van der Waals surface area contributed by atoms with Crippen LogP contribution in [0.25, 0.3) is 0 Å². The van der Waals surface area contributed by atoms with Crippen LogP contribution in [0.15, 0.2) is 0 Å². The van der Waals surface area contributed by atoms with E-state index in [1.54, 1.807) is 4.90 Å². The molecule has 2 saturated heterocycles. The van der Waals surface area contributed by atoms with Gasteiger partial charge in [0.1, 0.15) is 24.2 Å². The molecule has 0 aliphatic carbocycles. The van der Waals surface area contributed by atoms with Gasteiger partial charge in [0.25, 0.3) is 0 Å². The highest BCUT2D eigenvalue weighted by Gasteiger charge is 2.43. The van der Waals surface area contributed by atoms with Gasteiger partial charge in [-0.05, 0) is 62.7 Å². The number of nitrogens with two attached hydrogens (primary N) is 1. The van der Waals surface area contributed by atoms with E-state index in [2.05, 4.69) is 10.6 Å². The Balaban J connectivity index is 2.13. The standard InChI is InChI=1S/C28H49N5O6/c1-16(2)13-19(29)26(36)33-12-8-10-23(33)27(37)32-11-7-9-22(32)25(35)30-20(14-17(3)4)24(34)31-21(28(38)39)15-18(5)6/h16-23H,7-15,29H2,1-6H3,(H,30,35)(H,31,34)(H,38,39)/t19-,20-,21-,22-,23-/m0/s1. The predicted octanol–water partition coefficient (Wildman–Crippen LogP) is 1.49. The third-order valence-electron chi connectivity index (χ3n) is 7.36. The highest BCUT2D eigenvalue weighted by atomic mass is 16.4. The van der Waals surface area contributed by atoms with Gasteiger partial charge in [-0.2, -0.15) is 0 Å². The monoisotopic (exact) mass is 551 g/mol. The predicted molar refractivity (Wildman–Crippen MR) is 147 cm³/mol. The minimum absolute atomic E-state index is 0.0591. The fourth-order valence-electron chi connectivity index (χ4n) is 5.54. The Hall–Kier alpha value is -2.69. The molecule has 222 valence electrons. The molecule has 0 bridgehead atoms. The molecule has 2 aliphatic rings. The Bertz CT molecular complexity index is 892. The van der Waals surface area contributed by atoms with Crippen molar-refractivity contribution in [1.82, 2.24) is 20.4 Å². The van der Waals surface area contributed by atoms with E-state index in [9.17, 15) is 29.1 Å². The number of likely N-dealkylation sites (tertiary alicyclic amines) is 2. The van der Waals surface area contributed by atoms with E-state index in [4.69, 9.17) is 5.73 Å². The lowest BCUT2D eigenvalue weighted by Crippen LogP contribution is -2.58. The average molecular weight is 552 g/mol. The molecule has 2 rings (SSSR count). The molecule has 2 fully saturated rings. The summed E-state index contributed by atoms with van der Waals surface area (Å²) in [6, 6.07) is -4.06. The molecule has 0 aromatic rings. The van der Waals surface area contributed by atoms with Crippen LogP contribution < -0.4 is 16.4 Å². The first-order chi connectivity index (χ1) is 18.2. The van der Waals surface area contributed by atoms with Crippen molar-refractivity contribution in [3.05, 3.63) is 0 Å². The Morgan fingerprint density at radius 1 is 0.769 bits per heavy atom. The van der Waals surface area contributed by atoms with Crippen molar-refractivity contribution in [2.45, 2.75) is 117 Å². The highest BCUT2D eigenvalue weighted by Crippen LogP contribution is 2.26. The van der Waals surface area contributed by atoms with Crippen LogP contribution in [0.1, 0.15) is 86.5 Å². The number of rotatable bonds is 13. The second kappa shape index (κ2) is 14.6. The lowest BCUT2D eigenvalue weighted by Gasteiger charge is -2.33. The van der Waals surface area contributed by atoms with Crippen LogP contribution in [0.2, 0.25) is 0 Å². The van der Waals surface area contributed by atoms with Crippen molar-refractivity contribution < 1.29 is 29.1 Å². The van der Waals surface area contributed by atoms with Gasteiger partial charge in [-0.25, -0.2) is 4.79 Å². The quantitative estimate of drug-likeness (QED) is 0.269. The highest BCUT2D eigenvalue weighted by molar-refractivity contribution is 5.96. The number of carbonyl (C=O) groups is 5. The Morgan fingerprint density at radius 3 is 1.82 bits per heavy atom. The number of hydrogen-bond acceptors (Lipinski definition) is 6. The van der Waals surface area contributed by atoms with Crippen LogP contribution in [0.4, 0.5) is 0 Å². The van der Waals surface area contributed by atoms with E-state index in [1.165, 1.54) is 4.90 Å². The number of nitrogens with zero attached hydrogens (tertiary/aromatic N) is 2. The van der Waals surface area contributed by atoms with Gasteiger partial charge in [0.05, 0.1) is 6.04 Å². The van der Waals surface area contributed by atoms with Gasteiger partial charge >= 0.3 is 5.97 Å². The van der Waals surface area contributed by atoms with Gasteiger partial charge in [0.15, 0.2) is 0 Å². The second-order valence-corrected chi connectivity index (χ2v) is 12.3. The van der Waals surface area contributed by atoms with Crippen LogP contribution in [0.5, 0.6) is 0 Å². The van der Waals surface area contributed by atoms with E-state index >= 15 is 0 Å². The van der Waals surface area contributed by atoms with Gasteiger partial charge in [-0.3, -0.25) is 19.2 Å². The summed E-state index contributed by atoms with van der Waals surface area (Å²) in [6.07, 6.45) is 3.43. The van der Waals surface area contributed by atoms with Gasteiger partial charge in [-0.15, -0.1) is 0 Å². The van der Waals surface area contributed by atoms with Crippen molar-refractivity contribution in [2.75, 3.05) is 13.1 Å². The van der Waals surface area contributed by atoms with Crippen molar-refractivity contribution in [1.29, 1.82) is 0 Å². The second-order valence-electron chi connectivity index (χ2n) is 12.3. The Kier molecular flexibility index (Phi) is 12.2. The maximum Gasteiger partial charge on any atom is 0.326 e.